The minimum absolute atomic E-state index is 0.205. The van der Waals surface area contributed by atoms with Gasteiger partial charge in [-0.25, -0.2) is 4.79 Å². The molecule has 0 unspecified atom stereocenters. The molecule has 1 aromatic rings. The van der Waals surface area contributed by atoms with Crippen LogP contribution >= 0.6 is 0 Å². The highest BCUT2D eigenvalue weighted by molar-refractivity contribution is 5.82. The zero-order chi connectivity index (χ0) is 14.3. The minimum Gasteiger partial charge on any atom is -0.480 e. The molecule has 1 atom stereocenters. The molecule has 0 bridgehead atoms. The summed E-state index contributed by atoms with van der Waals surface area (Å²) in [6.45, 7) is 1.53. The molecule has 0 fully saturated rings. The van der Waals surface area contributed by atoms with E-state index < -0.39 is 12.0 Å². The Morgan fingerprint density at radius 2 is 1.95 bits per heavy atom. The first-order valence-electron chi connectivity index (χ1n) is 5.61. The number of carbonyl (C=O) groups excluding carboxylic acids is 1. The van der Waals surface area contributed by atoms with Crippen LogP contribution in [0.2, 0.25) is 0 Å². The Hall–Kier alpha value is -2.53. The Morgan fingerprint density at radius 1 is 1.37 bits per heavy atom. The number of aliphatic carboxylic acids is 1. The van der Waals surface area contributed by atoms with E-state index in [1.807, 2.05) is 0 Å². The monoisotopic (exact) mass is 262 g/mol. The molecule has 0 heterocycles. The van der Waals surface area contributed by atoms with Crippen molar-refractivity contribution in [3.05, 3.63) is 45.8 Å². The second-order valence-electron chi connectivity index (χ2n) is 4.00. The number of amides is 1. The number of carboxylic acids is 1. The quantitative estimate of drug-likeness (QED) is 0.461. The van der Waals surface area contributed by atoms with Gasteiger partial charge in [-0.3, -0.25) is 4.79 Å². The number of hydrogen-bond donors (Lipinski definition) is 2. The van der Waals surface area contributed by atoms with Crippen molar-refractivity contribution in [2.75, 3.05) is 0 Å². The fourth-order valence-electron chi connectivity index (χ4n) is 1.58. The standard InChI is InChI=1S/C12H14N4O3/c1-8(17)15-11(12(18)19)6-9-2-4-10(5-3-9)7-14-16-13/h2-5,11H,6-7H2,1H3,(H,15,17)(H,18,19)/t11-/m0/s1. The molecule has 0 aliphatic rings. The maximum absolute atomic E-state index is 11.0. The van der Waals surface area contributed by atoms with Crippen LogP contribution in [0.5, 0.6) is 0 Å². The Kier molecular flexibility index (Phi) is 5.37. The predicted octanol–water partition coefficient (Wildman–Crippen LogP) is 1.63. The number of benzene rings is 1. The number of carboxylic acid groups (broad SMARTS) is 1. The third kappa shape index (κ3) is 5.10. The van der Waals surface area contributed by atoms with Crippen LogP contribution in [0, 0.1) is 0 Å². The van der Waals surface area contributed by atoms with Gasteiger partial charge in [0.05, 0.1) is 6.54 Å². The van der Waals surface area contributed by atoms with Crippen LogP contribution in [0.15, 0.2) is 29.4 Å². The third-order valence-electron chi connectivity index (χ3n) is 2.45. The van der Waals surface area contributed by atoms with E-state index >= 15 is 0 Å². The summed E-state index contributed by atoms with van der Waals surface area (Å²) in [5, 5.41) is 14.8. The molecule has 7 nitrogen and oxygen atoms in total. The molecule has 0 aliphatic heterocycles. The summed E-state index contributed by atoms with van der Waals surface area (Å²) in [5.74, 6) is -1.46. The first kappa shape index (κ1) is 14.5. The van der Waals surface area contributed by atoms with Crippen LogP contribution in [0.4, 0.5) is 0 Å². The highest BCUT2D eigenvalue weighted by Gasteiger charge is 2.18. The van der Waals surface area contributed by atoms with Crippen molar-refractivity contribution >= 4 is 11.9 Å². The number of rotatable bonds is 6. The van der Waals surface area contributed by atoms with E-state index in [0.717, 1.165) is 11.1 Å². The van der Waals surface area contributed by atoms with Crippen LogP contribution in [-0.4, -0.2) is 23.0 Å². The number of nitrogens with one attached hydrogen (secondary N) is 1. The lowest BCUT2D eigenvalue weighted by Crippen LogP contribution is -2.41. The summed E-state index contributed by atoms with van der Waals surface area (Å²) in [5.41, 5.74) is 9.82. The molecule has 0 saturated carbocycles. The molecular weight excluding hydrogens is 248 g/mol. The van der Waals surface area contributed by atoms with E-state index in [2.05, 4.69) is 15.3 Å². The summed E-state index contributed by atoms with van der Waals surface area (Å²) in [4.78, 5) is 24.5. The zero-order valence-electron chi connectivity index (χ0n) is 10.4. The molecule has 0 aromatic heterocycles. The first-order valence-corrected chi connectivity index (χ1v) is 5.61. The normalized spacial score (nSPS) is 11.2. The van der Waals surface area contributed by atoms with Gasteiger partial charge in [0.1, 0.15) is 6.04 Å². The lowest BCUT2D eigenvalue weighted by atomic mass is 10.0. The Balaban J connectivity index is 2.71. The number of azide groups is 1. The SMILES string of the molecule is CC(=O)N[C@@H](Cc1ccc(CN=[N+]=[N-])cc1)C(=O)O. The summed E-state index contributed by atoms with van der Waals surface area (Å²) in [7, 11) is 0. The molecular formula is C12H14N4O3. The topological polar surface area (TPSA) is 115 Å². The van der Waals surface area contributed by atoms with E-state index in [9.17, 15) is 9.59 Å². The van der Waals surface area contributed by atoms with Gasteiger partial charge in [-0.05, 0) is 16.7 Å². The Morgan fingerprint density at radius 3 is 2.42 bits per heavy atom. The van der Waals surface area contributed by atoms with Crippen LogP contribution in [0.3, 0.4) is 0 Å². The van der Waals surface area contributed by atoms with Gasteiger partial charge in [-0.2, -0.15) is 0 Å². The van der Waals surface area contributed by atoms with Gasteiger partial charge in [0.15, 0.2) is 0 Å². The van der Waals surface area contributed by atoms with E-state index in [4.69, 9.17) is 10.6 Å². The van der Waals surface area contributed by atoms with Crippen molar-refractivity contribution in [1.29, 1.82) is 0 Å². The van der Waals surface area contributed by atoms with Gasteiger partial charge in [0.25, 0.3) is 0 Å². The molecule has 1 amide bonds. The average molecular weight is 262 g/mol. The Labute approximate surface area is 109 Å². The maximum atomic E-state index is 11.0. The predicted molar refractivity (Wildman–Crippen MR) is 68.2 cm³/mol. The molecule has 0 saturated heterocycles. The average Bonchev–Trinajstić information content (AvgIpc) is 2.36. The van der Waals surface area contributed by atoms with Crippen LogP contribution in [0.25, 0.3) is 10.4 Å². The van der Waals surface area contributed by atoms with Crippen molar-refractivity contribution in [1.82, 2.24) is 5.32 Å². The van der Waals surface area contributed by atoms with Gasteiger partial charge < -0.3 is 10.4 Å². The molecule has 0 aliphatic carbocycles. The van der Waals surface area contributed by atoms with Crippen LogP contribution in [0.1, 0.15) is 18.1 Å². The van der Waals surface area contributed by atoms with Crippen molar-refractivity contribution in [2.24, 2.45) is 5.11 Å². The molecule has 0 radical (unpaired) electrons. The number of nitrogens with zero attached hydrogens (tertiary/aromatic N) is 3. The highest BCUT2D eigenvalue weighted by Crippen LogP contribution is 2.08. The van der Waals surface area contributed by atoms with Crippen LogP contribution < -0.4 is 5.32 Å². The summed E-state index contributed by atoms with van der Waals surface area (Å²) in [6.07, 6.45) is 0.205. The molecule has 2 N–H and O–H groups in total. The smallest absolute Gasteiger partial charge is 0.326 e. The van der Waals surface area contributed by atoms with Crippen molar-refractivity contribution in [3.63, 3.8) is 0 Å². The zero-order valence-corrected chi connectivity index (χ0v) is 10.4. The molecule has 1 aromatic carbocycles. The van der Waals surface area contributed by atoms with Crippen LogP contribution in [-0.2, 0) is 22.6 Å². The fraction of sp³-hybridized carbons (Fsp3) is 0.333. The maximum Gasteiger partial charge on any atom is 0.326 e. The molecule has 0 spiro atoms. The molecule has 7 heteroatoms. The summed E-state index contributed by atoms with van der Waals surface area (Å²) < 4.78 is 0. The van der Waals surface area contributed by atoms with E-state index in [0.29, 0.717) is 0 Å². The largest absolute Gasteiger partial charge is 0.480 e. The molecule has 100 valence electrons. The van der Waals surface area contributed by atoms with Gasteiger partial charge in [-0.1, -0.05) is 29.4 Å². The minimum atomic E-state index is -1.08. The van der Waals surface area contributed by atoms with E-state index in [-0.39, 0.29) is 18.9 Å². The van der Waals surface area contributed by atoms with Crippen molar-refractivity contribution in [2.45, 2.75) is 25.9 Å². The Bertz CT molecular complexity index is 506. The lowest BCUT2D eigenvalue weighted by molar-refractivity contribution is -0.141. The number of carbonyl (C=O) groups is 2. The summed E-state index contributed by atoms with van der Waals surface area (Å²) >= 11 is 0. The van der Waals surface area contributed by atoms with Gasteiger partial charge in [0, 0.05) is 18.3 Å². The highest BCUT2D eigenvalue weighted by atomic mass is 16.4. The van der Waals surface area contributed by atoms with E-state index in [1.165, 1.54) is 6.92 Å². The molecule has 1 rings (SSSR count). The van der Waals surface area contributed by atoms with Gasteiger partial charge in [0.2, 0.25) is 5.91 Å². The van der Waals surface area contributed by atoms with E-state index in [1.54, 1.807) is 24.3 Å². The summed E-state index contributed by atoms with van der Waals surface area (Å²) in [6, 6.07) is 6.08. The second-order valence-corrected chi connectivity index (χ2v) is 4.00. The lowest BCUT2D eigenvalue weighted by Gasteiger charge is -2.13. The second kappa shape index (κ2) is 7.03. The van der Waals surface area contributed by atoms with Gasteiger partial charge >= 0.3 is 5.97 Å². The number of hydrogen-bond acceptors (Lipinski definition) is 3. The third-order valence-corrected chi connectivity index (χ3v) is 2.45. The molecule has 19 heavy (non-hydrogen) atoms. The van der Waals surface area contributed by atoms with Gasteiger partial charge in [-0.15, -0.1) is 0 Å². The van der Waals surface area contributed by atoms with Crippen molar-refractivity contribution < 1.29 is 14.7 Å². The fourth-order valence-corrected chi connectivity index (χ4v) is 1.58. The first-order chi connectivity index (χ1) is 9.02. The van der Waals surface area contributed by atoms with Crippen molar-refractivity contribution in [3.8, 4) is 0 Å².